The van der Waals surface area contributed by atoms with Gasteiger partial charge in [-0.1, -0.05) is 0 Å². The number of H-pyrrole nitrogens is 1. The van der Waals surface area contributed by atoms with Gasteiger partial charge in [0.2, 0.25) is 5.91 Å². The van der Waals surface area contributed by atoms with Gasteiger partial charge in [-0.15, -0.1) is 0 Å². The molecule has 88 valence electrons. The lowest BCUT2D eigenvalue weighted by atomic mass is 10.2. The Bertz CT molecular complexity index is 346. The largest absolute Gasteiger partial charge is 0.469 e. The standard InChI is InChI=1S/C11H16N2O3/c1-13(8-9-4-3-7-12-9)10(14)5-6-11(15)16-2/h3-4,7,12H,5-6,8H2,1-2H3. The summed E-state index contributed by atoms with van der Waals surface area (Å²) in [6.07, 6.45) is 2.12. The number of methoxy groups -OCH3 is 1. The second kappa shape index (κ2) is 5.95. The Hall–Kier alpha value is -1.78. The van der Waals surface area contributed by atoms with Crippen molar-refractivity contribution in [2.24, 2.45) is 0 Å². The lowest BCUT2D eigenvalue weighted by Crippen LogP contribution is -2.26. The molecule has 1 amide bonds. The SMILES string of the molecule is COC(=O)CCC(=O)N(C)Cc1ccc[nH]1. The second-order valence-electron chi connectivity index (χ2n) is 3.52. The lowest BCUT2D eigenvalue weighted by molar-refractivity contribution is -0.143. The summed E-state index contributed by atoms with van der Waals surface area (Å²) in [4.78, 5) is 27.0. The molecule has 0 aliphatic rings. The first-order valence-electron chi connectivity index (χ1n) is 5.06. The van der Waals surface area contributed by atoms with Gasteiger partial charge < -0.3 is 14.6 Å². The van der Waals surface area contributed by atoms with E-state index in [9.17, 15) is 9.59 Å². The van der Waals surface area contributed by atoms with Gasteiger partial charge in [0.05, 0.1) is 20.1 Å². The van der Waals surface area contributed by atoms with Crippen molar-refractivity contribution in [2.45, 2.75) is 19.4 Å². The van der Waals surface area contributed by atoms with Gasteiger partial charge in [0.25, 0.3) is 0 Å². The van der Waals surface area contributed by atoms with Gasteiger partial charge in [0.15, 0.2) is 0 Å². The number of hydrogen-bond acceptors (Lipinski definition) is 3. The molecule has 0 fully saturated rings. The molecule has 0 bridgehead atoms. The van der Waals surface area contributed by atoms with E-state index < -0.39 is 0 Å². The topological polar surface area (TPSA) is 62.4 Å². The van der Waals surface area contributed by atoms with Crippen molar-refractivity contribution in [3.05, 3.63) is 24.0 Å². The zero-order valence-corrected chi connectivity index (χ0v) is 9.53. The smallest absolute Gasteiger partial charge is 0.306 e. The summed E-state index contributed by atoms with van der Waals surface area (Å²) in [5.74, 6) is -0.429. The van der Waals surface area contributed by atoms with Gasteiger partial charge in [-0.05, 0) is 12.1 Å². The molecule has 5 nitrogen and oxygen atoms in total. The molecule has 16 heavy (non-hydrogen) atoms. The average molecular weight is 224 g/mol. The number of esters is 1. The summed E-state index contributed by atoms with van der Waals surface area (Å²) < 4.78 is 4.47. The van der Waals surface area contributed by atoms with Crippen LogP contribution in [0.15, 0.2) is 18.3 Å². The van der Waals surface area contributed by atoms with E-state index in [2.05, 4.69) is 9.72 Å². The molecule has 1 rings (SSSR count). The highest BCUT2D eigenvalue weighted by Gasteiger charge is 2.11. The van der Waals surface area contributed by atoms with Crippen LogP contribution in [0.4, 0.5) is 0 Å². The highest BCUT2D eigenvalue weighted by Crippen LogP contribution is 2.03. The van der Waals surface area contributed by atoms with Crippen molar-refractivity contribution in [3.8, 4) is 0 Å². The summed E-state index contributed by atoms with van der Waals surface area (Å²) in [5.41, 5.74) is 0.967. The predicted molar refractivity (Wildman–Crippen MR) is 58.5 cm³/mol. The zero-order valence-electron chi connectivity index (χ0n) is 9.53. The van der Waals surface area contributed by atoms with Crippen LogP contribution in [-0.4, -0.2) is 35.9 Å². The van der Waals surface area contributed by atoms with Crippen LogP contribution in [0.25, 0.3) is 0 Å². The van der Waals surface area contributed by atoms with E-state index in [4.69, 9.17) is 0 Å². The predicted octanol–water partition coefficient (Wildman–Crippen LogP) is 0.926. The van der Waals surface area contributed by atoms with Crippen LogP contribution in [0.3, 0.4) is 0 Å². The van der Waals surface area contributed by atoms with Crippen LogP contribution >= 0.6 is 0 Å². The first kappa shape index (κ1) is 12.3. The van der Waals surface area contributed by atoms with E-state index in [-0.39, 0.29) is 24.7 Å². The van der Waals surface area contributed by atoms with Gasteiger partial charge in [-0.2, -0.15) is 0 Å². The van der Waals surface area contributed by atoms with E-state index in [1.807, 2.05) is 18.3 Å². The van der Waals surface area contributed by atoms with E-state index in [0.717, 1.165) is 5.69 Å². The maximum Gasteiger partial charge on any atom is 0.306 e. The molecule has 1 aromatic heterocycles. The highest BCUT2D eigenvalue weighted by molar-refractivity contribution is 5.81. The van der Waals surface area contributed by atoms with E-state index in [0.29, 0.717) is 6.54 Å². The molecule has 0 atom stereocenters. The second-order valence-corrected chi connectivity index (χ2v) is 3.52. The van der Waals surface area contributed by atoms with Crippen LogP contribution < -0.4 is 0 Å². The number of ether oxygens (including phenoxy) is 1. The molecule has 0 aliphatic carbocycles. The molecule has 1 N–H and O–H groups in total. The molecule has 0 spiro atoms. The Labute approximate surface area is 94.4 Å². The number of rotatable bonds is 5. The molecular weight excluding hydrogens is 208 g/mol. The summed E-state index contributed by atoms with van der Waals surface area (Å²) >= 11 is 0. The van der Waals surface area contributed by atoms with Crippen molar-refractivity contribution in [3.63, 3.8) is 0 Å². The van der Waals surface area contributed by atoms with Gasteiger partial charge in [0.1, 0.15) is 0 Å². The van der Waals surface area contributed by atoms with Crippen molar-refractivity contribution in [1.29, 1.82) is 0 Å². The number of carbonyl (C=O) groups excluding carboxylic acids is 2. The lowest BCUT2D eigenvalue weighted by Gasteiger charge is -2.15. The van der Waals surface area contributed by atoms with Crippen molar-refractivity contribution < 1.29 is 14.3 Å². The minimum atomic E-state index is -0.360. The quantitative estimate of drug-likeness (QED) is 0.757. The monoisotopic (exact) mass is 224 g/mol. The Kier molecular flexibility index (Phi) is 4.57. The fourth-order valence-electron chi connectivity index (χ4n) is 1.31. The first-order valence-corrected chi connectivity index (χ1v) is 5.06. The number of aromatic amines is 1. The number of amides is 1. The molecule has 5 heteroatoms. The third-order valence-electron chi connectivity index (χ3n) is 2.27. The molecule has 1 aromatic rings. The van der Waals surface area contributed by atoms with Crippen LogP contribution in [0, 0.1) is 0 Å². The molecule has 0 unspecified atom stereocenters. The fourth-order valence-corrected chi connectivity index (χ4v) is 1.31. The molecule has 0 aromatic carbocycles. The zero-order chi connectivity index (χ0) is 12.0. The number of nitrogens with zero attached hydrogens (tertiary/aromatic N) is 1. The van der Waals surface area contributed by atoms with Crippen LogP contribution in [0.1, 0.15) is 18.5 Å². The summed E-state index contributed by atoms with van der Waals surface area (Å²) in [6.45, 7) is 0.521. The summed E-state index contributed by atoms with van der Waals surface area (Å²) in [5, 5.41) is 0. The Morgan fingerprint density at radius 2 is 2.19 bits per heavy atom. The molecule has 1 heterocycles. The molecule has 0 saturated carbocycles. The van der Waals surface area contributed by atoms with Gasteiger partial charge in [0, 0.05) is 25.4 Å². The minimum Gasteiger partial charge on any atom is -0.469 e. The Morgan fingerprint density at radius 3 is 2.75 bits per heavy atom. The van der Waals surface area contributed by atoms with Gasteiger partial charge >= 0.3 is 5.97 Å². The van der Waals surface area contributed by atoms with Gasteiger partial charge in [-0.3, -0.25) is 9.59 Å². The molecular formula is C11H16N2O3. The van der Waals surface area contributed by atoms with Crippen LogP contribution in [0.5, 0.6) is 0 Å². The number of carbonyl (C=O) groups is 2. The molecule has 0 saturated heterocycles. The Morgan fingerprint density at radius 1 is 1.44 bits per heavy atom. The normalized spacial score (nSPS) is 9.88. The number of aromatic nitrogens is 1. The van der Waals surface area contributed by atoms with Crippen LogP contribution in [0.2, 0.25) is 0 Å². The Balaban J connectivity index is 2.33. The maximum atomic E-state index is 11.6. The average Bonchev–Trinajstić information content (AvgIpc) is 2.77. The molecule has 0 radical (unpaired) electrons. The summed E-state index contributed by atoms with van der Waals surface area (Å²) in [7, 11) is 3.02. The van der Waals surface area contributed by atoms with E-state index in [1.165, 1.54) is 7.11 Å². The highest BCUT2D eigenvalue weighted by atomic mass is 16.5. The minimum absolute atomic E-state index is 0.0694. The molecule has 0 aliphatic heterocycles. The third kappa shape index (κ3) is 3.76. The fraction of sp³-hybridized carbons (Fsp3) is 0.455. The van der Waals surface area contributed by atoms with Crippen molar-refractivity contribution in [2.75, 3.05) is 14.2 Å². The van der Waals surface area contributed by atoms with E-state index in [1.54, 1.807) is 11.9 Å². The van der Waals surface area contributed by atoms with Crippen molar-refractivity contribution in [1.82, 2.24) is 9.88 Å². The van der Waals surface area contributed by atoms with Crippen LogP contribution in [-0.2, 0) is 20.9 Å². The number of nitrogens with one attached hydrogen (secondary N) is 1. The first-order chi connectivity index (χ1) is 7.63. The third-order valence-corrected chi connectivity index (χ3v) is 2.27. The number of hydrogen-bond donors (Lipinski definition) is 1. The van der Waals surface area contributed by atoms with Crippen molar-refractivity contribution >= 4 is 11.9 Å². The van der Waals surface area contributed by atoms with Gasteiger partial charge in [-0.25, -0.2) is 0 Å². The van der Waals surface area contributed by atoms with E-state index >= 15 is 0 Å². The maximum absolute atomic E-state index is 11.6. The summed E-state index contributed by atoms with van der Waals surface area (Å²) in [6, 6.07) is 3.78.